The lowest BCUT2D eigenvalue weighted by Gasteiger charge is -2.54. The Morgan fingerprint density at radius 3 is 2.48 bits per heavy atom. The number of benzene rings is 2. The molecule has 1 aliphatic heterocycles. The lowest BCUT2D eigenvalue weighted by atomic mass is 10.1. The standard InChI is InChI=1S/C17H23N3O2S/c1-18-12-7-13-19-14-15-8-5-6-11-17(15)20(23(19,21)22)16-9-3-2-4-10-16/h2-6,8-11,18,21-22H,7,12-14H2,1H3. The van der Waals surface area contributed by atoms with E-state index in [2.05, 4.69) is 5.32 Å². The number of para-hydroxylation sites is 2. The van der Waals surface area contributed by atoms with Crippen LogP contribution in [0.4, 0.5) is 11.4 Å². The molecule has 23 heavy (non-hydrogen) atoms. The Balaban J connectivity index is 2.00. The predicted octanol–water partition coefficient (Wildman–Crippen LogP) is 3.83. The largest absolute Gasteiger partial charge is 0.320 e. The molecule has 0 aliphatic carbocycles. The van der Waals surface area contributed by atoms with Crippen molar-refractivity contribution in [2.45, 2.75) is 13.0 Å². The minimum Gasteiger partial charge on any atom is -0.320 e. The van der Waals surface area contributed by atoms with Gasteiger partial charge in [-0.05, 0) is 54.7 Å². The number of nitrogens with zero attached hydrogens (tertiary/aromatic N) is 2. The van der Waals surface area contributed by atoms with Gasteiger partial charge in [-0.15, -0.1) is 0 Å². The molecule has 3 rings (SSSR count). The van der Waals surface area contributed by atoms with Crippen molar-refractivity contribution in [3.05, 3.63) is 60.2 Å². The van der Waals surface area contributed by atoms with E-state index in [0.717, 1.165) is 29.9 Å². The van der Waals surface area contributed by atoms with Gasteiger partial charge in [0, 0.05) is 13.1 Å². The molecule has 0 fully saturated rings. The fourth-order valence-electron chi connectivity index (χ4n) is 2.84. The number of fused-ring (bicyclic) bond motifs is 1. The summed E-state index contributed by atoms with van der Waals surface area (Å²) >= 11 is 0. The number of hydrogen-bond acceptors (Lipinski definition) is 5. The van der Waals surface area contributed by atoms with Crippen LogP contribution in [-0.4, -0.2) is 33.5 Å². The minimum absolute atomic E-state index is 0.547. The smallest absolute Gasteiger partial charge is 0.0686 e. The van der Waals surface area contributed by atoms with Crippen LogP contribution >= 0.6 is 11.0 Å². The normalized spacial score (nSPS) is 18.5. The van der Waals surface area contributed by atoms with E-state index < -0.39 is 11.0 Å². The number of rotatable bonds is 5. The van der Waals surface area contributed by atoms with E-state index in [4.69, 9.17) is 0 Å². The highest BCUT2D eigenvalue weighted by atomic mass is 32.3. The first-order valence-corrected chi connectivity index (χ1v) is 9.22. The maximum absolute atomic E-state index is 11.0. The monoisotopic (exact) mass is 333 g/mol. The van der Waals surface area contributed by atoms with Crippen molar-refractivity contribution in [2.24, 2.45) is 0 Å². The summed E-state index contributed by atoms with van der Waals surface area (Å²) in [7, 11) is -1.17. The minimum atomic E-state index is -3.07. The van der Waals surface area contributed by atoms with E-state index in [0.29, 0.717) is 13.1 Å². The zero-order valence-corrected chi connectivity index (χ0v) is 14.0. The van der Waals surface area contributed by atoms with Gasteiger partial charge in [0.25, 0.3) is 0 Å². The van der Waals surface area contributed by atoms with E-state index in [9.17, 15) is 9.11 Å². The Labute approximate surface area is 139 Å². The summed E-state index contributed by atoms with van der Waals surface area (Å²) in [5.41, 5.74) is 2.76. The molecule has 0 bridgehead atoms. The van der Waals surface area contributed by atoms with E-state index in [-0.39, 0.29) is 0 Å². The third kappa shape index (κ3) is 3.22. The van der Waals surface area contributed by atoms with Gasteiger partial charge in [-0.2, -0.15) is 4.31 Å². The van der Waals surface area contributed by atoms with Gasteiger partial charge >= 0.3 is 0 Å². The van der Waals surface area contributed by atoms with Crippen LogP contribution in [0, 0.1) is 0 Å². The highest BCUT2D eigenvalue weighted by Crippen LogP contribution is 2.58. The molecule has 0 atom stereocenters. The number of anilines is 2. The molecular formula is C17H23N3O2S. The molecular weight excluding hydrogens is 310 g/mol. The number of hydrogen-bond donors (Lipinski definition) is 3. The summed E-state index contributed by atoms with van der Waals surface area (Å²) in [6.45, 7) is 2.02. The van der Waals surface area contributed by atoms with Gasteiger partial charge in [-0.25, -0.2) is 4.31 Å². The highest BCUT2D eigenvalue weighted by molar-refractivity contribution is 8.23. The van der Waals surface area contributed by atoms with Crippen LogP contribution in [0.15, 0.2) is 54.6 Å². The summed E-state index contributed by atoms with van der Waals surface area (Å²) in [5, 5.41) is 3.10. The first kappa shape index (κ1) is 16.3. The van der Waals surface area contributed by atoms with E-state index in [1.807, 2.05) is 61.6 Å². The maximum Gasteiger partial charge on any atom is 0.0686 e. The summed E-state index contributed by atoms with van der Waals surface area (Å²) in [6, 6.07) is 17.5. The van der Waals surface area contributed by atoms with Crippen molar-refractivity contribution in [1.29, 1.82) is 0 Å². The van der Waals surface area contributed by atoms with Crippen LogP contribution in [0.3, 0.4) is 0 Å². The van der Waals surface area contributed by atoms with E-state index in [1.54, 1.807) is 8.61 Å². The van der Waals surface area contributed by atoms with E-state index in [1.165, 1.54) is 0 Å². The molecule has 1 aliphatic rings. The van der Waals surface area contributed by atoms with Gasteiger partial charge in [-0.3, -0.25) is 9.11 Å². The fraction of sp³-hybridized carbons (Fsp3) is 0.294. The average Bonchev–Trinajstić information content (AvgIpc) is 2.56. The first-order valence-electron chi connectivity index (χ1n) is 7.76. The molecule has 0 radical (unpaired) electrons. The van der Waals surface area contributed by atoms with Gasteiger partial charge in [0.2, 0.25) is 0 Å². The van der Waals surface area contributed by atoms with E-state index >= 15 is 0 Å². The van der Waals surface area contributed by atoms with Crippen LogP contribution in [0.2, 0.25) is 0 Å². The van der Waals surface area contributed by atoms with Gasteiger partial charge in [0.1, 0.15) is 0 Å². The molecule has 124 valence electrons. The molecule has 3 N–H and O–H groups in total. The number of nitrogens with one attached hydrogen (secondary N) is 1. The van der Waals surface area contributed by atoms with Crippen LogP contribution in [0.1, 0.15) is 12.0 Å². The van der Waals surface area contributed by atoms with Crippen molar-refractivity contribution in [3.8, 4) is 0 Å². The second kappa shape index (κ2) is 6.90. The van der Waals surface area contributed by atoms with Gasteiger partial charge in [-0.1, -0.05) is 36.4 Å². The van der Waals surface area contributed by atoms with Crippen LogP contribution in [0.5, 0.6) is 0 Å². The lowest BCUT2D eigenvalue weighted by molar-refractivity contribution is 0.331. The summed E-state index contributed by atoms with van der Waals surface area (Å²) in [4.78, 5) is 0. The van der Waals surface area contributed by atoms with Crippen molar-refractivity contribution in [1.82, 2.24) is 9.62 Å². The van der Waals surface area contributed by atoms with Crippen molar-refractivity contribution >= 4 is 22.3 Å². The Morgan fingerprint density at radius 2 is 1.74 bits per heavy atom. The van der Waals surface area contributed by atoms with Crippen molar-refractivity contribution in [3.63, 3.8) is 0 Å². The third-order valence-electron chi connectivity index (χ3n) is 3.97. The zero-order valence-electron chi connectivity index (χ0n) is 13.2. The van der Waals surface area contributed by atoms with Crippen molar-refractivity contribution in [2.75, 3.05) is 24.4 Å². The second-order valence-electron chi connectivity index (χ2n) is 5.57. The zero-order chi connectivity index (χ0) is 16.3. The van der Waals surface area contributed by atoms with Gasteiger partial charge < -0.3 is 5.32 Å². The molecule has 0 saturated carbocycles. The average molecular weight is 333 g/mol. The summed E-state index contributed by atoms with van der Waals surface area (Å²) in [5.74, 6) is 0. The van der Waals surface area contributed by atoms with Crippen LogP contribution in [-0.2, 0) is 6.54 Å². The van der Waals surface area contributed by atoms with Crippen molar-refractivity contribution < 1.29 is 9.11 Å². The molecule has 2 aromatic carbocycles. The molecule has 5 nitrogen and oxygen atoms in total. The topological polar surface area (TPSA) is 59.0 Å². The Morgan fingerprint density at radius 1 is 1.04 bits per heavy atom. The van der Waals surface area contributed by atoms with Crippen LogP contribution in [0.25, 0.3) is 0 Å². The van der Waals surface area contributed by atoms with Crippen LogP contribution < -0.4 is 9.62 Å². The quantitative estimate of drug-likeness (QED) is 0.726. The lowest BCUT2D eigenvalue weighted by Crippen LogP contribution is -2.42. The molecule has 0 aromatic heterocycles. The summed E-state index contributed by atoms with van der Waals surface area (Å²) in [6.07, 6.45) is 0.858. The Kier molecular flexibility index (Phi) is 4.89. The molecule has 0 unspecified atom stereocenters. The Bertz CT molecular complexity index is 651. The molecule has 0 amide bonds. The molecule has 0 saturated heterocycles. The molecule has 0 spiro atoms. The SMILES string of the molecule is CNCCCN1Cc2ccccc2N(c2ccccc2)S1(O)O. The molecule has 6 heteroatoms. The second-order valence-corrected chi connectivity index (χ2v) is 7.43. The molecule has 2 aromatic rings. The summed E-state index contributed by atoms with van der Waals surface area (Å²) < 4.78 is 25.4. The fourth-order valence-corrected chi connectivity index (χ4v) is 4.61. The van der Waals surface area contributed by atoms with Gasteiger partial charge in [0.15, 0.2) is 0 Å². The van der Waals surface area contributed by atoms with Gasteiger partial charge in [0.05, 0.1) is 11.4 Å². The molecule has 1 heterocycles. The Hall–Kier alpha value is -1.57. The third-order valence-corrected chi connectivity index (χ3v) is 5.88. The predicted molar refractivity (Wildman–Crippen MR) is 96.8 cm³/mol. The first-order chi connectivity index (χ1) is 11.1. The highest BCUT2D eigenvalue weighted by Gasteiger charge is 2.37. The maximum atomic E-state index is 11.0.